The fourth-order valence-electron chi connectivity index (χ4n) is 0. The van der Waals surface area contributed by atoms with Crippen LogP contribution in [0.5, 0.6) is 0 Å². The predicted octanol–water partition coefficient (Wildman–Crippen LogP) is 1.10. The summed E-state index contributed by atoms with van der Waals surface area (Å²) >= 11 is 2.22. The summed E-state index contributed by atoms with van der Waals surface area (Å²) in [4.78, 5) is 9.33. The Labute approximate surface area is 52.4 Å². The van der Waals surface area contributed by atoms with Gasteiger partial charge in [0.2, 0.25) is 0 Å². The van der Waals surface area contributed by atoms with Gasteiger partial charge in [-0.05, 0) is 12.7 Å². The van der Waals surface area contributed by atoms with Crippen LogP contribution < -0.4 is 0 Å². The molecule has 0 aromatic carbocycles. The van der Waals surface area contributed by atoms with Crippen molar-refractivity contribution in [2.24, 2.45) is 0 Å². The number of carbonyl (C=O) groups is 1. The molecule has 0 aliphatic carbocycles. The Balaban J connectivity index is 0. The number of ketones is 1. The predicted molar refractivity (Wildman–Crippen MR) is 21.9 cm³/mol. The van der Waals surface area contributed by atoms with Gasteiger partial charge < -0.3 is 11.7 Å². The molecule has 0 fully saturated rings. The van der Waals surface area contributed by atoms with Gasteiger partial charge in [0.05, 0.1) is 0 Å². The molecule has 0 saturated carbocycles. The zero-order chi connectivity index (χ0) is 5.58. The van der Waals surface area contributed by atoms with Crippen LogP contribution in [-0.4, -0.2) is 5.78 Å². The van der Waals surface area contributed by atoms with E-state index in [-0.39, 0.29) is 5.78 Å². The Morgan fingerprint density at radius 2 is 1.83 bits per heavy atom. The SMILES string of the molecule is [CH2-]C(C)=O.[Cl][Pd+]. The van der Waals surface area contributed by atoms with Crippen molar-refractivity contribution in [3.8, 4) is 0 Å². The van der Waals surface area contributed by atoms with Crippen LogP contribution in [0.3, 0.4) is 0 Å². The zero-order valence-corrected chi connectivity index (χ0v) is 5.62. The van der Waals surface area contributed by atoms with Crippen LogP contribution in [-0.2, 0) is 23.0 Å². The van der Waals surface area contributed by atoms with Gasteiger partial charge in [0.25, 0.3) is 0 Å². The maximum atomic E-state index is 9.33. The van der Waals surface area contributed by atoms with Gasteiger partial charge in [0.1, 0.15) is 0 Å². The normalized spacial score (nSPS) is 5.33. The molecule has 0 atom stereocenters. The zero-order valence-electron chi connectivity index (χ0n) is 3.31. The third-order valence-electron chi connectivity index (χ3n) is 0. The molecule has 1 nitrogen and oxygen atoms in total. The Morgan fingerprint density at radius 3 is 1.83 bits per heavy atom. The first-order chi connectivity index (χ1) is 2.73. The molecule has 0 aromatic rings. The van der Waals surface area contributed by atoms with Gasteiger partial charge in [-0.3, -0.25) is 0 Å². The number of Topliss-reactive ketones (excluding diaryl/α,β-unsaturated/α-hetero) is 1. The van der Waals surface area contributed by atoms with E-state index in [1.807, 2.05) is 0 Å². The molecular weight excluding hydrogens is 194 g/mol. The number of halogens is 1. The summed E-state index contributed by atoms with van der Waals surface area (Å²) in [7, 11) is 4.49. The number of carbonyl (C=O) groups excluding carboxylic acids is 1. The Kier molecular flexibility index (Phi) is 14.7. The molecule has 0 rings (SSSR count). The molecule has 3 heteroatoms. The number of hydrogen-bond acceptors (Lipinski definition) is 1. The van der Waals surface area contributed by atoms with E-state index in [2.05, 4.69) is 34.6 Å². The van der Waals surface area contributed by atoms with Crippen LogP contribution in [0.25, 0.3) is 0 Å². The van der Waals surface area contributed by atoms with Crippen LogP contribution >= 0.6 is 9.53 Å². The Hall–Kier alpha value is 0.492. The molecule has 0 N–H and O–H groups in total. The molecule has 0 heterocycles. The van der Waals surface area contributed by atoms with Crippen molar-refractivity contribution >= 4 is 15.3 Å². The van der Waals surface area contributed by atoms with E-state index in [0.29, 0.717) is 0 Å². The molecule has 0 aliphatic heterocycles. The summed E-state index contributed by atoms with van der Waals surface area (Å²) in [5.74, 6) is -0.0833. The van der Waals surface area contributed by atoms with E-state index in [9.17, 15) is 4.79 Å². The fourth-order valence-corrected chi connectivity index (χ4v) is 0. The van der Waals surface area contributed by atoms with Crippen molar-refractivity contribution in [1.82, 2.24) is 0 Å². The Bertz CT molecular complexity index is 33.8. The van der Waals surface area contributed by atoms with Crippen LogP contribution in [0.1, 0.15) is 6.92 Å². The van der Waals surface area contributed by atoms with Crippen molar-refractivity contribution < 1.29 is 23.0 Å². The van der Waals surface area contributed by atoms with Gasteiger partial charge in [-0.15, -0.1) is 0 Å². The first-order valence-electron chi connectivity index (χ1n) is 1.18. The van der Waals surface area contributed by atoms with Crippen molar-refractivity contribution in [1.29, 1.82) is 0 Å². The summed E-state index contributed by atoms with van der Waals surface area (Å²) in [6.45, 7) is 4.42. The molecule has 0 aromatic heterocycles. The molecule has 0 bridgehead atoms. The standard InChI is InChI=1S/C3H5O.ClH.Pd/c1-3(2)4;;/h1H2,2H3;1H;/q-1;;+2/p-1. The van der Waals surface area contributed by atoms with Gasteiger partial charge in [-0.25, -0.2) is 0 Å². The second kappa shape index (κ2) is 9.09. The van der Waals surface area contributed by atoms with Gasteiger partial charge in [-0.2, -0.15) is 0 Å². The van der Waals surface area contributed by atoms with E-state index >= 15 is 0 Å². The monoisotopic (exact) mass is 198 g/mol. The van der Waals surface area contributed by atoms with Gasteiger partial charge in [0, 0.05) is 0 Å². The van der Waals surface area contributed by atoms with Gasteiger partial charge in [0.15, 0.2) is 0 Å². The number of hydrogen-bond donors (Lipinski definition) is 0. The van der Waals surface area contributed by atoms with Crippen LogP contribution in [0.4, 0.5) is 0 Å². The van der Waals surface area contributed by atoms with Crippen LogP contribution in [0.15, 0.2) is 0 Å². The minimum atomic E-state index is -0.0833. The summed E-state index contributed by atoms with van der Waals surface area (Å²) in [5, 5.41) is 0. The summed E-state index contributed by atoms with van der Waals surface area (Å²) < 4.78 is 0. The van der Waals surface area contributed by atoms with Crippen molar-refractivity contribution in [2.75, 3.05) is 0 Å². The van der Waals surface area contributed by atoms with Gasteiger partial charge in [-0.1, -0.05) is 0 Å². The molecule has 6 heavy (non-hydrogen) atoms. The third kappa shape index (κ3) is 226. The molecule has 0 aliphatic rings. The molecule has 0 amide bonds. The third-order valence-corrected chi connectivity index (χ3v) is 0. The van der Waals surface area contributed by atoms with Crippen molar-refractivity contribution in [2.45, 2.75) is 6.92 Å². The van der Waals surface area contributed by atoms with E-state index < -0.39 is 0 Å². The van der Waals surface area contributed by atoms with Crippen LogP contribution in [0.2, 0.25) is 0 Å². The van der Waals surface area contributed by atoms with Crippen molar-refractivity contribution in [3.05, 3.63) is 6.92 Å². The van der Waals surface area contributed by atoms with Crippen LogP contribution in [0, 0.1) is 6.92 Å². The topological polar surface area (TPSA) is 17.1 Å². The van der Waals surface area contributed by atoms with E-state index in [1.165, 1.54) is 6.92 Å². The summed E-state index contributed by atoms with van der Waals surface area (Å²) in [5.41, 5.74) is 0. The fraction of sp³-hybridized carbons (Fsp3) is 0.333. The van der Waals surface area contributed by atoms with E-state index in [4.69, 9.17) is 0 Å². The molecule has 40 valence electrons. The van der Waals surface area contributed by atoms with Crippen molar-refractivity contribution in [3.63, 3.8) is 0 Å². The average Bonchev–Trinajstić information content (AvgIpc) is 1.41. The van der Waals surface area contributed by atoms with Gasteiger partial charge >= 0.3 is 27.7 Å². The molecule has 0 saturated heterocycles. The first kappa shape index (κ1) is 9.70. The summed E-state index contributed by atoms with van der Waals surface area (Å²) in [6, 6.07) is 0. The molecular formula is C3H5ClOPd. The quantitative estimate of drug-likeness (QED) is 0.421. The summed E-state index contributed by atoms with van der Waals surface area (Å²) in [6.07, 6.45) is 0. The number of rotatable bonds is 0. The average molecular weight is 199 g/mol. The Morgan fingerprint density at radius 1 is 1.83 bits per heavy atom. The second-order valence-corrected chi connectivity index (χ2v) is 0.702. The van der Waals surface area contributed by atoms with E-state index in [0.717, 1.165) is 0 Å². The molecule has 0 radical (unpaired) electrons. The first-order valence-corrected chi connectivity index (χ1v) is 3.18. The van der Waals surface area contributed by atoms with E-state index in [1.54, 1.807) is 0 Å². The minimum absolute atomic E-state index is 0.0833. The molecule has 0 unspecified atom stereocenters. The molecule has 0 spiro atoms. The maximum absolute atomic E-state index is 9.33. The second-order valence-electron chi connectivity index (χ2n) is 0.702.